The normalized spacial score (nSPS) is 11.6. The molecule has 2 rings (SSSR count). The van der Waals surface area contributed by atoms with Gasteiger partial charge in [0, 0.05) is 0 Å². The fourth-order valence-corrected chi connectivity index (χ4v) is 1.68. The molecule has 100 valence electrons. The minimum Gasteiger partial charge on any atom is -0.478 e. The third-order valence-corrected chi connectivity index (χ3v) is 2.55. The summed E-state index contributed by atoms with van der Waals surface area (Å²) in [5.41, 5.74) is -1.50. The minimum absolute atomic E-state index is 0.214. The van der Waals surface area contributed by atoms with Gasteiger partial charge in [-0.15, -0.1) is 5.10 Å². The Bertz CT molecular complexity index is 621. The number of hydrogen-bond acceptors (Lipinski definition) is 3. The second-order valence-corrected chi connectivity index (χ2v) is 3.83. The molecule has 0 unspecified atom stereocenters. The van der Waals surface area contributed by atoms with Gasteiger partial charge < -0.3 is 5.11 Å². The molecule has 0 radical (unpaired) electrons. The van der Waals surface area contributed by atoms with Crippen molar-refractivity contribution < 1.29 is 23.1 Å². The highest BCUT2D eigenvalue weighted by molar-refractivity contribution is 5.90. The van der Waals surface area contributed by atoms with Crippen LogP contribution in [0, 0.1) is 6.92 Å². The molecule has 0 bridgehead atoms. The van der Waals surface area contributed by atoms with Crippen LogP contribution in [0.25, 0.3) is 5.69 Å². The number of hydrogen-bond donors (Lipinski definition) is 1. The summed E-state index contributed by atoms with van der Waals surface area (Å²) in [6.07, 6.45) is -2.19. The van der Waals surface area contributed by atoms with Gasteiger partial charge in [0.25, 0.3) is 0 Å². The zero-order chi connectivity index (χ0) is 14.2. The molecule has 1 heterocycles. The number of carbonyl (C=O) groups is 1. The Kier molecular flexibility index (Phi) is 3.01. The van der Waals surface area contributed by atoms with Gasteiger partial charge in [0.05, 0.1) is 29.2 Å². The lowest BCUT2D eigenvalue weighted by atomic mass is 10.0. The fourth-order valence-electron chi connectivity index (χ4n) is 1.68. The predicted octanol–water partition coefficient (Wildman–Crippen LogP) is 2.29. The van der Waals surface area contributed by atoms with Crippen molar-refractivity contribution in [3.63, 3.8) is 0 Å². The van der Waals surface area contributed by atoms with Crippen molar-refractivity contribution >= 4 is 5.97 Å². The van der Waals surface area contributed by atoms with Gasteiger partial charge in [-0.2, -0.15) is 13.2 Å². The third-order valence-electron chi connectivity index (χ3n) is 2.55. The largest absolute Gasteiger partial charge is 0.478 e. The van der Waals surface area contributed by atoms with Crippen LogP contribution in [0.15, 0.2) is 24.5 Å². The van der Waals surface area contributed by atoms with Crippen molar-refractivity contribution in [2.75, 3.05) is 0 Å². The Labute approximate surface area is 105 Å². The summed E-state index contributed by atoms with van der Waals surface area (Å²) in [6, 6.07) is 1.73. The van der Waals surface area contributed by atoms with Crippen LogP contribution in [0.4, 0.5) is 13.2 Å². The summed E-state index contributed by atoms with van der Waals surface area (Å²) in [6.45, 7) is 1.42. The van der Waals surface area contributed by atoms with Crippen molar-refractivity contribution in [1.82, 2.24) is 15.0 Å². The smallest absolute Gasteiger partial charge is 0.418 e. The van der Waals surface area contributed by atoms with Crippen LogP contribution in [-0.4, -0.2) is 26.1 Å². The number of benzene rings is 1. The standard InChI is InChI=1S/C11H8F3N3O2/c1-6-4-9(17-3-2-15-16-17)8(11(12,13)14)5-7(6)10(18)19/h2-5H,1H3,(H,18,19). The van der Waals surface area contributed by atoms with E-state index in [1.54, 1.807) is 0 Å². The van der Waals surface area contributed by atoms with E-state index in [-0.39, 0.29) is 11.3 Å². The average molecular weight is 271 g/mol. The summed E-state index contributed by atoms with van der Waals surface area (Å²) in [4.78, 5) is 10.9. The molecule has 2 aromatic rings. The van der Waals surface area contributed by atoms with Crippen LogP contribution in [-0.2, 0) is 6.18 Å². The molecule has 0 aliphatic rings. The van der Waals surface area contributed by atoms with E-state index >= 15 is 0 Å². The first-order chi connectivity index (χ1) is 8.80. The maximum absolute atomic E-state index is 13.0. The van der Waals surface area contributed by atoms with Crippen molar-refractivity contribution in [2.24, 2.45) is 0 Å². The van der Waals surface area contributed by atoms with E-state index in [0.717, 1.165) is 10.7 Å². The van der Waals surface area contributed by atoms with Crippen LogP contribution in [0.3, 0.4) is 0 Å². The lowest BCUT2D eigenvalue weighted by Crippen LogP contribution is -2.14. The Morgan fingerprint density at radius 2 is 2.05 bits per heavy atom. The van der Waals surface area contributed by atoms with Crippen LogP contribution >= 0.6 is 0 Å². The van der Waals surface area contributed by atoms with E-state index in [4.69, 9.17) is 5.11 Å². The topological polar surface area (TPSA) is 68.0 Å². The number of nitrogens with zero attached hydrogens (tertiary/aromatic N) is 3. The second kappa shape index (κ2) is 4.38. The number of carboxylic acid groups (broad SMARTS) is 1. The molecule has 1 N–H and O–H groups in total. The van der Waals surface area contributed by atoms with E-state index in [0.29, 0.717) is 6.07 Å². The zero-order valence-corrected chi connectivity index (χ0v) is 9.64. The van der Waals surface area contributed by atoms with Gasteiger partial charge in [-0.25, -0.2) is 9.48 Å². The maximum atomic E-state index is 13.0. The Hall–Kier alpha value is -2.38. The summed E-state index contributed by atoms with van der Waals surface area (Å²) in [5, 5.41) is 15.8. The Morgan fingerprint density at radius 1 is 1.37 bits per heavy atom. The van der Waals surface area contributed by atoms with E-state index in [9.17, 15) is 18.0 Å². The van der Waals surface area contributed by atoms with E-state index < -0.39 is 23.3 Å². The molecule has 8 heteroatoms. The summed E-state index contributed by atoms with van der Waals surface area (Å²) < 4.78 is 39.8. The van der Waals surface area contributed by atoms with Crippen LogP contribution in [0.5, 0.6) is 0 Å². The first-order valence-electron chi connectivity index (χ1n) is 5.12. The van der Waals surface area contributed by atoms with Gasteiger partial charge in [-0.3, -0.25) is 0 Å². The molecule has 0 saturated heterocycles. The average Bonchev–Trinajstić information content (AvgIpc) is 2.79. The fraction of sp³-hybridized carbons (Fsp3) is 0.182. The zero-order valence-electron chi connectivity index (χ0n) is 9.64. The molecule has 0 saturated carbocycles. The highest BCUT2D eigenvalue weighted by Gasteiger charge is 2.35. The van der Waals surface area contributed by atoms with Crippen LogP contribution in [0.2, 0.25) is 0 Å². The number of halogens is 3. The Balaban J connectivity index is 2.73. The Morgan fingerprint density at radius 3 is 2.53 bits per heavy atom. The number of carboxylic acids is 1. The number of alkyl halides is 3. The molecule has 0 atom stereocenters. The molecule has 0 spiro atoms. The van der Waals surface area contributed by atoms with Crippen molar-refractivity contribution in [2.45, 2.75) is 13.1 Å². The summed E-state index contributed by atoms with van der Waals surface area (Å²) >= 11 is 0. The third kappa shape index (κ3) is 2.42. The van der Waals surface area contributed by atoms with E-state index in [1.165, 1.54) is 19.3 Å². The van der Waals surface area contributed by atoms with Crippen molar-refractivity contribution in [3.8, 4) is 5.69 Å². The second-order valence-electron chi connectivity index (χ2n) is 3.83. The molecular weight excluding hydrogens is 263 g/mol. The first kappa shape index (κ1) is 13.1. The van der Waals surface area contributed by atoms with Crippen LogP contribution in [0.1, 0.15) is 21.5 Å². The minimum atomic E-state index is -4.68. The summed E-state index contributed by atoms with van der Waals surface area (Å²) in [7, 11) is 0. The van der Waals surface area contributed by atoms with E-state index in [1.807, 2.05) is 0 Å². The molecular formula is C11H8F3N3O2. The molecule has 19 heavy (non-hydrogen) atoms. The van der Waals surface area contributed by atoms with Gasteiger partial charge in [-0.05, 0) is 24.6 Å². The van der Waals surface area contributed by atoms with Gasteiger partial charge in [0.2, 0.25) is 0 Å². The number of rotatable bonds is 2. The van der Waals surface area contributed by atoms with Gasteiger partial charge >= 0.3 is 12.1 Å². The molecule has 0 aliphatic heterocycles. The maximum Gasteiger partial charge on any atom is 0.418 e. The van der Waals surface area contributed by atoms with Gasteiger partial charge in [0.15, 0.2) is 0 Å². The molecule has 0 aliphatic carbocycles. The number of aryl methyl sites for hydroxylation is 1. The lowest BCUT2D eigenvalue weighted by Gasteiger charge is -2.14. The molecule has 1 aromatic heterocycles. The number of aromatic nitrogens is 3. The molecule has 1 aromatic carbocycles. The molecule has 5 nitrogen and oxygen atoms in total. The highest BCUT2D eigenvalue weighted by atomic mass is 19.4. The monoisotopic (exact) mass is 271 g/mol. The van der Waals surface area contributed by atoms with Gasteiger partial charge in [-0.1, -0.05) is 5.21 Å². The van der Waals surface area contributed by atoms with Gasteiger partial charge in [0.1, 0.15) is 0 Å². The van der Waals surface area contributed by atoms with E-state index in [2.05, 4.69) is 10.3 Å². The number of aromatic carboxylic acids is 1. The first-order valence-corrected chi connectivity index (χ1v) is 5.12. The SMILES string of the molecule is Cc1cc(-n2ccnn2)c(C(F)(F)F)cc1C(=O)O. The quantitative estimate of drug-likeness (QED) is 0.909. The molecule has 0 amide bonds. The highest BCUT2D eigenvalue weighted by Crippen LogP contribution is 2.35. The van der Waals surface area contributed by atoms with Crippen LogP contribution < -0.4 is 0 Å². The van der Waals surface area contributed by atoms with Crippen molar-refractivity contribution in [3.05, 3.63) is 41.2 Å². The lowest BCUT2D eigenvalue weighted by molar-refractivity contribution is -0.137. The van der Waals surface area contributed by atoms with Crippen molar-refractivity contribution in [1.29, 1.82) is 0 Å². The predicted molar refractivity (Wildman–Crippen MR) is 58.1 cm³/mol. The molecule has 0 fully saturated rings. The summed E-state index contributed by atoms with van der Waals surface area (Å²) in [5.74, 6) is -1.41.